The van der Waals surface area contributed by atoms with Gasteiger partial charge in [0.1, 0.15) is 11.5 Å². The van der Waals surface area contributed by atoms with Crippen LogP contribution in [0.15, 0.2) is 48.5 Å². The number of carbonyl (C=O) groups excluding carboxylic acids is 1. The summed E-state index contributed by atoms with van der Waals surface area (Å²) in [6, 6.07) is 15.5. The summed E-state index contributed by atoms with van der Waals surface area (Å²) >= 11 is 1.56. The average molecular weight is 359 g/mol. The zero-order valence-electron chi connectivity index (χ0n) is 14.8. The molecular formula is C20H25NO3S. The average Bonchev–Trinajstić information content (AvgIpc) is 2.63. The Morgan fingerprint density at radius 1 is 1.00 bits per heavy atom. The molecular weight excluding hydrogens is 334 g/mol. The molecule has 2 aromatic rings. The fourth-order valence-corrected chi connectivity index (χ4v) is 2.92. The van der Waals surface area contributed by atoms with Crippen LogP contribution in [0.5, 0.6) is 11.5 Å². The van der Waals surface area contributed by atoms with Gasteiger partial charge in [0.15, 0.2) is 0 Å². The standard InChI is InChI=1S/C20H25NO3S/c1-3-16-7-5-6-8-19(16)21-20(22)15-25-14-13-24-18-11-9-17(10-12-18)23-4-2/h5-12H,3-4,13-15H2,1-2H3,(H,21,22). The second-order valence-electron chi connectivity index (χ2n) is 5.36. The first kappa shape index (κ1) is 19.2. The number of benzene rings is 2. The highest BCUT2D eigenvalue weighted by atomic mass is 32.2. The molecule has 134 valence electrons. The number of hydrogen-bond acceptors (Lipinski definition) is 4. The quantitative estimate of drug-likeness (QED) is 0.639. The van der Waals surface area contributed by atoms with E-state index in [0.717, 1.165) is 34.9 Å². The van der Waals surface area contributed by atoms with E-state index in [4.69, 9.17) is 9.47 Å². The molecule has 0 aromatic heterocycles. The number of amides is 1. The topological polar surface area (TPSA) is 47.6 Å². The van der Waals surface area contributed by atoms with Gasteiger partial charge in [-0.2, -0.15) is 0 Å². The summed E-state index contributed by atoms with van der Waals surface area (Å²) < 4.78 is 11.1. The van der Waals surface area contributed by atoms with Crippen LogP contribution in [-0.2, 0) is 11.2 Å². The number of ether oxygens (including phenoxy) is 2. The van der Waals surface area contributed by atoms with E-state index in [9.17, 15) is 4.79 Å². The third-order valence-electron chi connectivity index (χ3n) is 3.54. The molecule has 0 aliphatic rings. The minimum atomic E-state index is 0.0203. The van der Waals surface area contributed by atoms with E-state index in [1.807, 2.05) is 55.5 Å². The van der Waals surface area contributed by atoms with E-state index >= 15 is 0 Å². The normalized spacial score (nSPS) is 10.3. The zero-order chi connectivity index (χ0) is 17.9. The molecule has 2 aromatic carbocycles. The number of anilines is 1. The minimum Gasteiger partial charge on any atom is -0.494 e. The van der Waals surface area contributed by atoms with Crippen molar-refractivity contribution in [1.82, 2.24) is 0 Å². The van der Waals surface area contributed by atoms with Crippen molar-refractivity contribution >= 4 is 23.4 Å². The van der Waals surface area contributed by atoms with Crippen LogP contribution in [0.1, 0.15) is 19.4 Å². The molecule has 0 bridgehead atoms. The molecule has 1 amide bonds. The molecule has 0 saturated heterocycles. The molecule has 0 fully saturated rings. The van der Waals surface area contributed by atoms with Crippen LogP contribution in [0.2, 0.25) is 0 Å². The van der Waals surface area contributed by atoms with Crippen LogP contribution in [-0.4, -0.2) is 30.6 Å². The Morgan fingerprint density at radius 2 is 1.68 bits per heavy atom. The molecule has 0 atom stereocenters. The van der Waals surface area contributed by atoms with Gasteiger partial charge in [-0.1, -0.05) is 25.1 Å². The number of hydrogen-bond donors (Lipinski definition) is 1. The van der Waals surface area contributed by atoms with Gasteiger partial charge in [-0.15, -0.1) is 11.8 Å². The summed E-state index contributed by atoms with van der Waals surface area (Å²) in [5, 5.41) is 2.97. The third-order valence-corrected chi connectivity index (χ3v) is 4.46. The fourth-order valence-electron chi connectivity index (χ4n) is 2.32. The highest BCUT2D eigenvalue weighted by molar-refractivity contribution is 7.99. The Bertz CT molecular complexity index is 658. The van der Waals surface area contributed by atoms with Crippen molar-refractivity contribution < 1.29 is 14.3 Å². The van der Waals surface area contributed by atoms with Gasteiger partial charge < -0.3 is 14.8 Å². The predicted molar refractivity (Wildman–Crippen MR) is 105 cm³/mol. The summed E-state index contributed by atoms with van der Waals surface area (Å²) in [6.07, 6.45) is 0.902. The number of para-hydroxylation sites is 1. The monoisotopic (exact) mass is 359 g/mol. The lowest BCUT2D eigenvalue weighted by molar-refractivity contribution is -0.113. The first-order valence-corrected chi connectivity index (χ1v) is 9.69. The third kappa shape index (κ3) is 6.70. The summed E-state index contributed by atoms with van der Waals surface area (Å²) in [5.41, 5.74) is 2.06. The molecule has 1 N–H and O–H groups in total. The summed E-state index contributed by atoms with van der Waals surface area (Å²) in [5.74, 6) is 2.85. The smallest absolute Gasteiger partial charge is 0.234 e. The summed E-state index contributed by atoms with van der Waals surface area (Å²) in [6.45, 7) is 5.26. The van der Waals surface area contributed by atoms with Gasteiger partial charge in [-0.05, 0) is 49.2 Å². The SMILES string of the molecule is CCOc1ccc(OCCSCC(=O)Nc2ccccc2CC)cc1. The first-order valence-electron chi connectivity index (χ1n) is 8.54. The lowest BCUT2D eigenvalue weighted by Crippen LogP contribution is -2.16. The molecule has 5 heteroatoms. The van der Waals surface area contributed by atoms with Gasteiger partial charge in [0.2, 0.25) is 5.91 Å². The van der Waals surface area contributed by atoms with E-state index < -0.39 is 0 Å². The number of thioether (sulfide) groups is 1. The molecule has 0 heterocycles. The molecule has 25 heavy (non-hydrogen) atoms. The first-order chi connectivity index (χ1) is 12.2. The largest absolute Gasteiger partial charge is 0.494 e. The van der Waals surface area contributed by atoms with E-state index in [2.05, 4.69) is 12.2 Å². The summed E-state index contributed by atoms with van der Waals surface area (Å²) in [4.78, 5) is 12.0. The number of rotatable bonds is 10. The van der Waals surface area contributed by atoms with Crippen molar-refractivity contribution in [2.45, 2.75) is 20.3 Å². The van der Waals surface area contributed by atoms with Gasteiger partial charge in [0.25, 0.3) is 0 Å². The van der Waals surface area contributed by atoms with Crippen molar-refractivity contribution in [3.05, 3.63) is 54.1 Å². The maximum atomic E-state index is 12.0. The van der Waals surface area contributed by atoms with Gasteiger partial charge in [0.05, 0.1) is 19.0 Å². The molecule has 0 spiro atoms. The van der Waals surface area contributed by atoms with Crippen molar-refractivity contribution in [3.8, 4) is 11.5 Å². The maximum absolute atomic E-state index is 12.0. The van der Waals surface area contributed by atoms with Crippen molar-refractivity contribution in [3.63, 3.8) is 0 Å². The van der Waals surface area contributed by atoms with Crippen LogP contribution in [0.25, 0.3) is 0 Å². The predicted octanol–water partition coefficient (Wildman–Crippen LogP) is 4.40. The second kappa shape index (κ2) is 10.7. The maximum Gasteiger partial charge on any atom is 0.234 e. The number of nitrogens with one attached hydrogen (secondary N) is 1. The van der Waals surface area contributed by atoms with Crippen LogP contribution in [0.4, 0.5) is 5.69 Å². The molecule has 0 aliphatic carbocycles. The molecule has 0 unspecified atom stereocenters. The summed E-state index contributed by atoms with van der Waals surface area (Å²) in [7, 11) is 0. The fraction of sp³-hybridized carbons (Fsp3) is 0.350. The Balaban J connectivity index is 1.64. The lowest BCUT2D eigenvalue weighted by Gasteiger charge is -2.10. The second-order valence-corrected chi connectivity index (χ2v) is 6.47. The minimum absolute atomic E-state index is 0.0203. The molecule has 0 radical (unpaired) electrons. The van der Waals surface area contributed by atoms with Crippen LogP contribution in [0, 0.1) is 0 Å². The zero-order valence-corrected chi connectivity index (χ0v) is 15.6. The Labute approximate surface area is 153 Å². The highest BCUT2D eigenvalue weighted by Crippen LogP contribution is 2.18. The molecule has 0 aliphatic heterocycles. The van der Waals surface area contributed by atoms with E-state index in [-0.39, 0.29) is 5.91 Å². The Morgan fingerprint density at radius 3 is 2.36 bits per heavy atom. The van der Waals surface area contributed by atoms with Gasteiger partial charge in [-0.25, -0.2) is 0 Å². The van der Waals surface area contributed by atoms with Crippen LogP contribution in [0.3, 0.4) is 0 Å². The lowest BCUT2D eigenvalue weighted by atomic mass is 10.1. The van der Waals surface area contributed by atoms with Gasteiger partial charge >= 0.3 is 0 Å². The molecule has 2 rings (SSSR count). The van der Waals surface area contributed by atoms with Crippen LogP contribution >= 0.6 is 11.8 Å². The Kier molecular flexibility index (Phi) is 8.19. The molecule has 4 nitrogen and oxygen atoms in total. The highest BCUT2D eigenvalue weighted by Gasteiger charge is 2.05. The molecule has 0 saturated carbocycles. The van der Waals surface area contributed by atoms with Crippen molar-refractivity contribution in [1.29, 1.82) is 0 Å². The van der Waals surface area contributed by atoms with Crippen LogP contribution < -0.4 is 14.8 Å². The van der Waals surface area contributed by atoms with Gasteiger partial charge in [-0.3, -0.25) is 4.79 Å². The van der Waals surface area contributed by atoms with E-state index in [0.29, 0.717) is 19.0 Å². The van der Waals surface area contributed by atoms with Crippen molar-refractivity contribution in [2.75, 3.05) is 30.0 Å². The van der Waals surface area contributed by atoms with Gasteiger partial charge in [0, 0.05) is 11.4 Å². The number of carbonyl (C=O) groups is 1. The number of aryl methyl sites for hydroxylation is 1. The Hall–Kier alpha value is -2.14. The van der Waals surface area contributed by atoms with Crippen molar-refractivity contribution in [2.24, 2.45) is 0 Å². The van der Waals surface area contributed by atoms with E-state index in [1.54, 1.807) is 11.8 Å². The van der Waals surface area contributed by atoms with E-state index in [1.165, 1.54) is 0 Å².